The highest BCUT2D eigenvalue weighted by Gasteiger charge is 2.18. The quantitative estimate of drug-likeness (QED) is 0.595. The van der Waals surface area contributed by atoms with Crippen LogP contribution in [0.4, 0.5) is 0 Å². The Kier molecular flexibility index (Phi) is 2.14. The van der Waals surface area contributed by atoms with E-state index in [4.69, 9.17) is 9.47 Å². The van der Waals surface area contributed by atoms with Crippen molar-refractivity contribution >= 4 is 15.9 Å². The Morgan fingerprint density at radius 2 is 1.44 bits per heavy atom. The maximum absolute atomic E-state index is 5.77. The van der Waals surface area contributed by atoms with Gasteiger partial charge in [0.25, 0.3) is 0 Å². The number of fused-ring (bicyclic) bond motifs is 2. The van der Waals surface area contributed by atoms with Crippen molar-refractivity contribution in [3.63, 3.8) is 0 Å². The lowest BCUT2D eigenvalue weighted by Crippen LogP contribution is -1.98. The molecular formula is C13H9BrO2. The van der Waals surface area contributed by atoms with Crippen LogP contribution in [-0.2, 0) is 0 Å². The summed E-state index contributed by atoms with van der Waals surface area (Å²) in [6.07, 6.45) is 0. The number of rotatable bonds is 0. The predicted octanol–water partition coefficient (Wildman–Crippen LogP) is 4.66. The molecule has 2 nitrogen and oxygen atoms in total. The van der Waals surface area contributed by atoms with Crippen LogP contribution in [0.15, 0.2) is 40.9 Å². The SMILES string of the molecule is Cc1ccc2c(c1)Oc1ccc(Br)cc1O2. The molecule has 1 aliphatic rings. The van der Waals surface area contributed by atoms with Gasteiger partial charge in [-0.1, -0.05) is 22.0 Å². The van der Waals surface area contributed by atoms with Crippen LogP contribution in [0.25, 0.3) is 0 Å². The molecule has 1 heterocycles. The van der Waals surface area contributed by atoms with Gasteiger partial charge in [-0.3, -0.25) is 0 Å². The van der Waals surface area contributed by atoms with E-state index in [0.29, 0.717) is 0 Å². The normalized spacial score (nSPS) is 12.1. The lowest BCUT2D eigenvalue weighted by Gasteiger charge is -2.20. The fourth-order valence-corrected chi connectivity index (χ4v) is 2.00. The smallest absolute Gasteiger partial charge is 0.171 e. The lowest BCUT2D eigenvalue weighted by atomic mass is 10.2. The standard InChI is InChI=1S/C13H9BrO2/c1-8-2-4-10-12(6-8)15-11-5-3-9(14)7-13(11)16-10/h2-7H,1H3. The minimum Gasteiger partial charge on any atom is -0.450 e. The molecule has 0 fully saturated rings. The summed E-state index contributed by atoms with van der Waals surface area (Å²) >= 11 is 3.41. The highest BCUT2D eigenvalue weighted by Crippen LogP contribution is 2.46. The van der Waals surface area contributed by atoms with Crippen LogP contribution in [-0.4, -0.2) is 0 Å². The number of ether oxygens (including phenoxy) is 2. The van der Waals surface area contributed by atoms with Crippen molar-refractivity contribution < 1.29 is 9.47 Å². The Hall–Kier alpha value is -1.48. The van der Waals surface area contributed by atoms with Crippen LogP contribution in [0.3, 0.4) is 0 Å². The third-order valence-electron chi connectivity index (χ3n) is 2.44. The second kappa shape index (κ2) is 3.52. The summed E-state index contributed by atoms with van der Waals surface area (Å²) in [7, 11) is 0. The number of aryl methyl sites for hydroxylation is 1. The van der Waals surface area contributed by atoms with E-state index < -0.39 is 0 Å². The Morgan fingerprint density at radius 1 is 0.812 bits per heavy atom. The average Bonchev–Trinajstić information content (AvgIpc) is 2.26. The highest BCUT2D eigenvalue weighted by atomic mass is 79.9. The molecule has 0 spiro atoms. The first-order valence-electron chi connectivity index (χ1n) is 4.98. The van der Waals surface area contributed by atoms with Gasteiger partial charge in [0.05, 0.1) is 0 Å². The van der Waals surface area contributed by atoms with Gasteiger partial charge in [0.15, 0.2) is 23.0 Å². The van der Waals surface area contributed by atoms with Gasteiger partial charge in [0.1, 0.15) is 0 Å². The van der Waals surface area contributed by atoms with Gasteiger partial charge in [-0.15, -0.1) is 0 Å². The Bertz CT molecular complexity index is 512. The van der Waals surface area contributed by atoms with Gasteiger partial charge in [0, 0.05) is 4.47 Å². The van der Waals surface area contributed by atoms with Crippen molar-refractivity contribution in [2.24, 2.45) is 0 Å². The van der Waals surface area contributed by atoms with E-state index in [1.807, 2.05) is 43.3 Å². The molecular weight excluding hydrogens is 268 g/mol. The van der Waals surface area contributed by atoms with Crippen molar-refractivity contribution in [2.75, 3.05) is 0 Å². The first-order chi connectivity index (χ1) is 7.72. The molecule has 16 heavy (non-hydrogen) atoms. The molecule has 80 valence electrons. The molecule has 0 atom stereocenters. The molecule has 2 aromatic carbocycles. The van der Waals surface area contributed by atoms with E-state index in [0.717, 1.165) is 33.0 Å². The first-order valence-corrected chi connectivity index (χ1v) is 5.77. The highest BCUT2D eigenvalue weighted by molar-refractivity contribution is 9.10. The number of benzene rings is 2. The Labute approximate surface area is 102 Å². The van der Waals surface area contributed by atoms with E-state index in [9.17, 15) is 0 Å². The largest absolute Gasteiger partial charge is 0.450 e. The Morgan fingerprint density at radius 3 is 2.19 bits per heavy atom. The minimum atomic E-state index is 0.741. The summed E-state index contributed by atoms with van der Waals surface area (Å²) in [6.45, 7) is 2.03. The fourth-order valence-electron chi connectivity index (χ4n) is 1.66. The molecule has 0 aliphatic carbocycles. The van der Waals surface area contributed by atoms with Crippen LogP contribution in [0.5, 0.6) is 23.0 Å². The molecule has 0 radical (unpaired) electrons. The predicted molar refractivity (Wildman–Crippen MR) is 65.5 cm³/mol. The molecule has 0 unspecified atom stereocenters. The summed E-state index contributed by atoms with van der Waals surface area (Å²) in [6, 6.07) is 11.6. The monoisotopic (exact) mass is 276 g/mol. The maximum Gasteiger partial charge on any atom is 0.171 e. The molecule has 0 amide bonds. The van der Waals surface area contributed by atoms with Crippen molar-refractivity contribution in [1.82, 2.24) is 0 Å². The molecule has 0 saturated carbocycles. The second-order valence-electron chi connectivity index (χ2n) is 3.75. The van der Waals surface area contributed by atoms with Gasteiger partial charge < -0.3 is 9.47 Å². The molecule has 1 aliphatic heterocycles. The van der Waals surface area contributed by atoms with Crippen LogP contribution in [0, 0.1) is 6.92 Å². The molecule has 2 aromatic rings. The third-order valence-corrected chi connectivity index (χ3v) is 2.94. The summed E-state index contributed by atoms with van der Waals surface area (Å²) in [5.74, 6) is 3.03. The first kappa shape index (κ1) is 9.73. The fraction of sp³-hybridized carbons (Fsp3) is 0.0769. The Balaban J connectivity index is 2.09. The summed E-state index contributed by atoms with van der Waals surface area (Å²) in [5.41, 5.74) is 1.16. The van der Waals surface area contributed by atoms with Gasteiger partial charge in [-0.2, -0.15) is 0 Å². The van der Waals surface area contributed by atoms with Crippen LogP contribution < -0.4 is 9.47 Å². The molecule has 3 rings (SSSR count). The molecule has 0 saturated heterocycles. The topological polar surface area (TPSA) is 18.5 Å². The zero-order valence-corrected chi connectivity index (χ0v) is 10.2. The minimum absolute atomic E-state index is 0.741. The van der Waals surface area contributed by atoms with Gasteiger partial charge in [-0.25, -0.2) is 0 Å². The van der Waals surface area contributed by atoms with Gasteiger partial charge in [0.2, 0.25) is 0 Å². The molecule has 0 N–H and O–H groups in total. The number of hydrogen-bond acceptors (Lipinski definition) is 2. The lowest BCUT2D eigenvalue weighted by molar-refractivity contribution is 0.359. The van der Waals surface area contributed by atoms with Gasteiger partial charge in [-0.05, 0) is 42.8 Å². The van der Waals surface area contributed by atoms with Crippen molar-refractivity contribution in [2.45, 2.75) is 6.92 Å². The van der Waals surface area contributed by atoms with E-state index in [1.165, 1.54) is 0 Å². The summed E-state index contributed by atoms with van der Waals surface area (Å²) in [4.78, 5) is 0. The van der Waals surface area contributed by atoms with Crippen molar-refractivity contribution in [3.8, 4) is 23.0 Å². The third kappa shape index (κ3) is 1.57. The number of hydrogen-bond donors (Lipinski definition) is 0. The van der Waals surface area contributed by atoms with E-state index in [-0.39, 0.29) is 0 Å². The molecule has 0 bridgehead atoms. The van der Waals surface area contributed by atoms with E-state index >= 15 is 0 Å². The summed E-state index contributed by atoms with van der Waals surface area (Å²) in [5, 5.41) is 0. The molecule has 3 heteroatoms. The number of halogens is 1. The summed E-state index contributed by atoms with van der Waals surface area (Å²) < 4.78 is 12.5. The van der Waals surface area contributed by atoms with Crippen LogP contribution >= 0.6 is 15.9 Å². The van der Waals surface area contributed by atoms with Crippen LogP contribution in [0.2, 0.25) is 0 Å². The maximum atomic E-state index is 5.77. The van der Waals surface area contributed by atoms with E-state index in [2.05, 4.69) is 15.9 Å². The second-order valence-corrected chi connectivity index (χ2v) is 4.66. The average molecular weight is 277 g/mol. The zero-order valence-electron chi connectivity index (χ0n) is 8.66. The zero-order chi connectivity index (χ0) is 11.1. The van der Waals surface area contributed by atoms with Crippen LogP contribution in [0.1, 0.15) is 5.56 Å². The van der Waals surface area contributed by atoms with Crippen molar-refractivity contribution in [3.05, 3.63) is 46.4 Å². The molecule has 0 aromatic heterocycles. The van der Waals surface area contributed by atoms with Gasteiger partial charge >= 0.3 is 0 Å². The van der Waals surface area contributed by atoms with Crippen molar-refractivity contribution in [1.29, 1.82) is 0 Å². The van der Waals surface area contributed by atoms with E-state index in [1.54, 1.807) is 0 Å².